The molecular weight excluding hydrogens is 770 g/mol. The lowest BCUT2D eigenvalue weighted by Gasteiger charge is -2.23. The summed E-state index contributed by atoms with van der Waals surface area (Å²) in [6.45, 7) is 19.9. The van der Waals surface area contributed by atoms with Crippen LogP contribution in [0, 0.1) is 0 Å². The average molecular weight is 822 g/mol. The van der Waals surface area contributed by atoms with E-state index in [9.17, 15) is 67.1 Å². The Morgan fingerprint density at radius 3 is 0.981 bits per heavy atom. The van der Waals surface area contributed by atoms with Gasteiger partial charge in [-0.3, -0.25) is 4.79 Å². The van der Waals surface area contributed by atoms with Gasteiger partial charge in [-0.2, -0.15) is 39.5 Å². The van der Waals surface area contributed by atoms with E-state index >= 15 is 0 Å². The maximum Gasteiger partial charge on any atom is 0.422 e. The minimum Gasteiger partial charge on any atom is -0.463 e. The molecule has 0 radical (unpaired) electrons. The fourth-order valence-electron chi connectivity index (χ4n) is 2.78. The maximum absolute atomic E-state index is 12.9. The predicted octanol–water partition coefficient (Wildman–Crippen LogP) is 9.91. The summed E-state index contributed by atoms with van der Waals surface area (Å²) in [5, 5.41) is 7.65. The molecule has 0 bridgehead atoms. The van der Waals surface area contributed by atoms with Crippen LogP contribution in [0.2, 0.25) is 0 Å². The Hall–Kier alpha value is -2.80. The third-order valence-electron chi connectivity index (χ3n) is 6.48. The van der Waals surface area contributed by atoms with E-state index in [1.165, 1.54) is 19.6 Å². The van der Waals surface area contributed by atoms with Crippen LogP contribution in [0.1, 0.15) is 80.1 Å². The second kappa shape index (κ2) is 29.5. The number of hydrogen-bond acceptors (Lipinski definition) is 7. The SMILES string of the molecule is C=CC(=O)Cl.C=CC(=O)OCCCC(C)(F)C(F)(F)F.C=CC(=O)OCCCC(C)(F)C(F)(F)F.CC(F)(CCCO)C(F)(F)F.CCN(CC)CC. The smallest absolute Gasteiger partial charge is 0.422 e. The van der Waals surface area contributed by atoms with Crippen molar-refractivity contribution in [2.75, 3.05) is 39.5 Å². The van der Waals surface area contributed by atoms with E-state index in [0.29, 0.717) is 20.8 Å². The molecule has 0 rings (SSSR count). The minimum atomic E-state index is -4.89. The molecular formula is C33H52ClF12NO6. The van der Waals surface area contributed by atoms with Gasteiger partial charge in [0.15, 0.2) is 0 Å². The number of aliphatic hydroxyl groups excluding tert-OH is 1. The highest BCUT2D eigenvalue weighted by molar-refractivity contribution is 6.66. The third-order valence-corrected chi connectivity index (χ3v) is 6.64. The van der Waals surface area contributed by atoms with Crippen LogP contribution in [0.4, 0.5) is 52.7 Å². The summed E-state index contributed by atoms with van der Waals surface area (Å²) in [7, 11) is 0. The molecule has 20 heteroatoms. The van der Waals surface area contributed by atoms with Crippen molar-refractivity contribution in [3.05, 3.63) is 38.0 Å². The maximum atomic E-state index is 12.9. The summed E-state index contributed by atoms with van der Waals surface area (Å²) in [5.74, 6) is -1.47. The van der Waals surface area contributed by atoms with Crippen molar-refractivity contribution >= 4 is 28.8 Å². The van der Waals surface area contributed by atoms with Crippen LogP contribution in [0.25, 0.3) is 0 Å². The van der Waals surface area contributed by atoms with Crippen LogP contribution in [0.15, 0.2) is 38.0 Å². The van der Waals surface area contributed by atoms with Crippen LogP contribution in [-0.2, 0) is 23.9 Å². The van der Waals surface area contributed by atoms with Crippen molar-refractivity contribution in [3.63, 3.8) is 0 Å². The molecule has 0 aromatic carbocycles. The molecule has 0 spiro atoms. The molecule has 0 aromatic heterocycles. The van der Waals surface area contributed by atoms with Gasteiger partial charge >= 0.3 is 30.5 Å². The van der Waals surface area contributed by atoms with E-state index in [2.05, 4.69) is 54.9 Å². The van der Waals surface area contributed by atoms with Gasteiger partial charge in [-0.05, 0) is 96.6 Å². The molecule has 0 saturated carbocycles. The molecule has 0 fully saturated rings. The molecule has 0 amide bonds. The molecule has 0 aliphatic heterocycles. The number of nitrogens with zero attached hydrogens (tertiary/aromatic N) is 1. The molecule has 1 N–H and O–H groups in total. The van der Waals surface area contributed by atoms with Crippen LogP contribution in [0.3, 0.4) is 0 Å². The molecule has 0 heterocycles. The number of allylic oxidation sites excluding steroid dienone is 1. The highest BCUT2D eigenvalue weighted by atomic mass is 35.5. The molecule has 0 aromatic rings. The van der Waals surface area contributed by atoms with Gasteiger partial charge in [-0.25, -0.2) is 22.8 Å². The fourth-order valence-corrected chi connectivity index (χ4v) is 2.78. The lowest BCUT2D eigenvalue weighted by Crippen LogP contribution is -2.37. The van der Waals surface area contributed by atoms with Crippen molar-refractivity contribution in [2.45, 2.75) is 116 Å². The summed E-state index contributed by atoms with van der Waals surface area (Å²) in [5.41, 5.74) is -9.66. The monoisotopic (exact) mass is 821 g/mol. The van der Waals surface area contributed by atoms with E-state index in [1.54, 1.807) is 0 Å². The van der Waals surface area contributed by atoms with Gasteiger partial charge in [-0.15, -0.1) is 0 Å². The molecule has 7 nitrogen and oxygen atoms in total. The van der Waals surface area contributed by atoms with E-state index in [0.717, 1.165) is 18.2 Å². The number of alkyl halides is 12. The van der Waals surface area contributed by atoms with Crippen LogP contribution >= 0.6 is 11.6 Å². The molecule has 53 heavy (non-hydrogen) atoms. The highest BCUT2D eigenvalue weighted by Gasteiger charge is 2.52. The first-order valence-electron chi connectivity index (χ1n) is 15.8. The second-order valence-electron chi connectivity index (χ2n) is 11.0. The van der Waals surface area contributed by atoms with E-state index in [-0.39, 0.29) is 32.5 Å². The van der Waals surface area contributed by atoms with Gasteiger partial charge in [0.1, 0.15) is 0 Å². The van der Waals surface area contributed by atoms with Crippen molar-refractivity contribution in [1.82, 2.24) is 4.90 Å². The number of hydrogen-bond donors (Lipinski definition) is 1. The number of carbonyl (C=O) groups excluding carboxylic acids is 3. The Bertz CT molecular complexity index is 972. The quantitative estimate of drug-likeness (QED) is 0.0514. The summed E-state index contributed by atoms with van der Waals surface area (Å²) < 4.78 is 154. The standard InChI is InChI=1S/2C9H12F4O2.C6H10F4O.C6H15N.C3H3ClO/c2*1-3-7(14)15-6-4-5-8(2,10)9(11,12)13;1-5(7,3-2-4-11)6(8,9)10;1-4-7(5-2)6-3;1-2-3(4)5/h2*3H,1,4-6H2,2H3;11H,2-4H2,1H3;4-6H2,1-3H3;2H,1H2. The zero-order valence-electron chi connectivity index (χ0n) is 30.7. The summed E-state index contributed by atoms with van der Waals surface area (Å²) >= 11 is 4.71. The van der Waals surface area contributed by atoms with E-state index in [1.807, 2.05) is 0 Å². The van der Waals surface area contributed by atoms with Crippen molar-refractivity contribution in [1.29, 1.82) is 0 Å². The van der Waals surface area contributed by atoms with Gasteiger partial charge < -0.3 is 19.5 Å². The first-order chi connectivity index (χ1) is 23.8. The first kappa shape index (κ1) is 59.5. The minimum absolute atomic E-state index is 0.174. The molecule has 3 atom stereocenters. The topological polar surface area (TPSA) is 93.1 Å². The number of rotatable bonds is 17. The first-order valence-corrected chi connectivity index (χ1v) is 16.2. The van der Waals surface area contributed by atoms with E-state index < -0.39 is 78.6 Å². The Balaban J connectivity index is -0.000000190. The molecule has 0 aliphatic rings. The predicted molar refractivity (Wildman–Crippen MR) is 178 cm³/mol. The van der Waals surface area contributed by atoms with Gasteiger partial charge in [0, 0.05) is 18.8 Å². The fraction of sp³-hybridized carbons (Fsp3) is 0.727. The zero-order valence-corrected chi connectivity index (χ0v) is 31.4. The van der Waals surface area contributed by atoms with Crippen LogP contribution in [0.5, 0.6) is 0 Å². The largest absolute Gasteiger partial charge is 0.463 e. The Kier molecular flexibility index (Phi) is 33.2. The molecule has 0 aliphatic carbocycles. The van der Waals surface area contributed by atoms with Crippen molar-refractivity contribution < 1.29 is 81.6 Å². The third kappa shape index (κ3) is 33.5. The Morgan fingerprint density at radius 2 is 0.830 bits per heavy atom. The van der Waals surface area contributed by atoms with E-state index in [4.69, 9.17) is 16.7 Å². The number of ether oxygens (including phenoxy) is 2. The molecule has 3 unspecified atom stereocenters. The summed E-state index contributed by atoms with van der Waals surface area (Å²) in [6, 6.07) is 0. The van der Waals surface area contributed by atoms with Crippen LogP contribution in [-0.4, -0.2) is 102 Å². The van der Waals surface area contributed by atoms with Gasteiger partial charge in [-0.1, -0.05) is 40.5 Å². The lowest BCUT2D eigenvalue weighted by molar-refractivity contribution is -0.226. The number of aliphatic hydroxyl groups is 1. The van der Waals surface area contributed by atoms with Gasteiger partial charge in [0.05, 0.1) is 13.2 Å². The zero-order chi connectivity index (χ0) is 43.3. The Morgan fingerprint density at radius 1 is 0.585 bits per heavy atom. The summed E-state index contributed by atoms with van der Waals surface area (Å²) in [4.78, 5) is 32.8. The van der Waals surface area contributed by atoms with Crippen LogP contribution < -0.4 is 0 Å². The average Bonchev–Trinajstić information content (AvgIpc) is 3.04. The molecule has 0 saturated heterocycles. The lowest BCUT2D eigenvalue weighted by atomic mass is 10.0. The van der Waals surface area contributed by atoms with Crippen molar-refractivity contribution in [3.8, 4) is 0 Å². The van der Waals surface area contributed by atoms with Crippen molar-refractivity contribution in [2.24, 2.45) is 0 Å². The Labute approximate surface area is 308 Å². The number of carbonyl (C=O) groups is 3. The van der Waals surface area contributed by atoms with Gasteiger partial charge in [0.25, 0.3) is 0 Å². The molecule has 316 valence electrons. The summed E-state index contributed by atoms with van der Waals surface area (Å²) in [6.07, 6.45) is -14.5. The van der Waals surface area contributed by atoms with Gasteiger partial charge in [0.2, 0.25) is 22.2 Å². The normalized spacial score (nSPS) is 14.5. The number of halogens is 13. The highest BCUT2D eigenvalue weighted by Crippen LogP contribution is 2.38. The number of esters is 2. The second-order valence-corrected chi connectivity index (χ2v) is 11.4.